The number of nitrogens with one attached hydrogen (secondary N) is 1. The number of rotatable bonds is 7. The molecule has 0 bridgehead atoms. The smallest absolute Gasteiger partial charge is 0.242 e. The fourth-order valence-electron chi connectivity index (χ4n) is 5.17. The minimum atomic E-state index is -0.711. The van der Waals surface area contributed by atoms with E-state index in [9.17, 15) is 14.7 Å². The number of hydrogen-bond acceptors (Lipinski definition) is 8. The van der Waals surface area contributed by atoms with Crippen molar-refractivity contribution in [3.8, 4) is 0 Å². The van der Waals surface area contributed by atoms with Crippen LogP contribution < -0.4 is 5.32 Å². The number of nitrogens with zero attached hydrogens (tertiary/aromatic N) is 4. The number of aliphatic hydroxyl groups is 1. The van der Waals surface area contributed by atoms with Gasteiger partial charge >= 0.3 is 0 Å². The van der Waals surface area contributed by atoms with Gasteiger partial charge in [-0.05, 0) is 50.1 Å². The SMILES string of the molecule is Cc1nsc([C@H](C(=O)N2C[C@H](O)C[C@H]2C(=O)NCC2C=CC(C)(c3scnc3C)CC2)C(C)C)n1. The van der Waals surface area contributed by atoms with Gasteiger partial charge in [0, 0.05) is 29.8 Å². The number of allylic oxidation sites excluding steroid dienone is 1. The van der Waals surface area contributed by atoms with Crippen molar-refractivity contribution in [1.29, 1.82) is 0 Å². The fraction of sp³-hybridized carbons (Fsp3) is 0.640. The quantitative estimate of drug-likeness (QED) is 0.546. The predicted molar refractivity (Wildman–Crippen MR) is 137 cm³/mol. The van der Waals surface area contributed by atoms with Crippen LogP contribution in [0, 0.1) is 25.7 Å². The van der Waals surface area contributed by atoms with Gasteiger partial charge in [-0.2, -0.15) is 4.37 Å². The Kier molecular flexibility index (Phi) is 7.73. The first-order valence-electron chi connectivity index (χ1n) is 12.3. The molecule has 0 spiro atoms. The number of aryl methyl sites for hydroxylation is 2. The first kappa shape index (κ1) is 25.9. The van der Waals surface area contributed by atoms with Crippen molar-refractivity contribution in [2.75, 3.05) is 13.1 Å². The van der Waals surface area contributed by atoms with Gasteiger partial charge in [-0.1, -0.05) is 32.9 Å². The van der Waals surface area contributed by atoms with Crippen LogP contribution in [0.4, 0.5) is 0 Å². The summed E-state index contributed by atoms with van der Waals surface area (Å²) in [6.45, 7) is 10.7. The summed E-state index contributed by atoms with van der Waals surface area (Å²) in [6, 6.07) is -0.676. The zero-order chi connectivity index (χ0) is 25.3. The fourth-order valence-corrected chi connectivity index (χ4v) is 7.08. The number of thiazole rings is 1. The molecular formula is C25H35N5O3S2. The summed E-state index contributed by atoms with van der Waals surface area (Å²) in [5.41, 5.74) is 2.97. The summed E-state index contributed by atoms with van der Waals surface area (Å²) in [6.07, 6.45) is 5.95. The minimum absolute atomic E-state index is 0.000160. The Labute approximate surface area is 215 Å². The molecule has 8 nitrogen and oxygen atoms in total. The summed E-state index contributed by atoms with van der Waals surface area (Å²) >= 11 is 2.93. The lowest BCUT2D eigenvalue weighted by molar-refractivity contribution is -0.140. The zero-order valence-electron chi connectivity index (χ0n) is 21.0. The summed E-state index contributed by atoms with van der Waals surface area (Å²) in [5, 5.41) is 14.1. The maximum atomic E-state index is 13.5. The third-order valence-electron chi connectivity index (χ3n) is 7.18. The number of likely N-dealkylation sites (tertiary alicyclic amines) is 1. The number of aromatic nitrogens is 3. The van der Waals surface area contributed by atoms with Crippen molar-refractivity contribution in [2.45, 2.75) is 77.4 Å². The summed E-state index contributed by atoms with van der Waals surface area (Å²) in [5.74, 6) is 0.0352. The molecule has 2 unspecified atom stereocenters. The lowest BCUT2D eigenvalue weighted by Crippen LogP contribution is -2.49. The molecule has 4 rings (SSSR count). The number of aliphatic hydroxyl groups excluding tert-OH is 1. The second-order valence-corrected chi connectivity index (χ2v) is 12.0. The molecule has 0 saturated carbocycles. The van der Waals surface area contributed by atoms with Crippen molar-refractivity contribution in [3.63, 3.8) is 0 Å². The van der Waals surface area contributed by atoms with Gasteiger partial charge in [-0.15, -0.1) is 11.3 Å². The van der Waals surface area contributed by atoms with Crippen molar-refractivity contribution < 1.29 is 14.7 Å². The standard InChI is InChI=1S/C25H35N5O3S2/c1-14(2)20(23-28-16(4)29-35-23)24(33)30-12-18(31)10-19(30)22(32)26-11-17-6-8-25(5,9-7-17)21-15(3)27-13-34-21/h6,8,13-14,17-20,31H,7,9-12H2,1-5H3,(H,26,32)/t17?,18-,19+,20-,25?/m1/s1. The van der Waals surface area contributed by atoms with Crippen LogP contribution in [0.25, 0.3) is 0 Å². The zero-order valence-corrected chi connectivity index (χ0v) is 22.7. The van der Waals surface area contributed by atoms with Gasteiger partial charge in [0.1, 0.15) is 16.9 Å². The monoisotopic (exact) mass is 517 g/mol. The number of amides is 2. The Morgan fingerprint density at radius 3 is 2.69 bits per heavy atom. The number of carbonyl (C=O) groups excluding carboxylic acids is 2. The van der Waals surface area contributed by atoms with Crippen molar-refractivity contribution in [2.24, 2.45) is 11.8 Å². The van der Waals surface area contributed by atoms with Crippen molar-refractivity contribution in [1.82, 2.24) is 24.6 Å². The molecular weight excluding hydrogens is 482 g/mol. The topological polar surface area (TPSA) is 108 Å². The highest BCUT2D eigenvalue weighted by molar-refractivity contribution is 7.10. The van der Waals surface area contributed by atoms with E-state index < -0.39 is 18.1 Å². The van der Waals surface area contributed by atoms with Crippen LogP contribution in [-0.4, -0.2) is 61.4 Å². The van der Waals surface area contributed by atoms with E-state index in [2.05, 4.69) is 45.7 Å². The predicted octanol–water partition coefficient (Wildman–Crippen LogP) is 3.35. The maximum Gasteiger partial charge on any atom is 0.242 e. The van der Waals surface area contributed by atoms with Crippen LogP contribution >= 0.6 is 22.9 Å². The van der Waals surface area contributed by atoms with Gasteiger partial charge in [0.05, 0.1) is 23.2 Å². The van der Waals surface area contributed by atoms with Crippen molar-refractivity contribution in [3.05, 3.63) is 39.1 Å². The number of hydrogen-bond donors (Lipinski definition) is 2. The minimum Gasteiger partial charge on any atom is -0.391 e. The molecule has 35 heavy (non-hydrogen) atoms. The van der Waals surface area contributed by atoms with E-state index in [-0.39, 0.29) is 42.0 Å². The van der Waals surface area contributed by atoms with Gasteiger partial charge in [-0.25, -0.2) is 9.97 Å². The van der Waals surface area contributed by atoms with Crippen molar-refractivity contribution >= 4 is 34.7 Å². The maximum absolute atomic E-state index is 13.5. The van der Waals surface area contributed by atoms with Gasteiger partial charge in [0.25, 0.3) is 0 Å². The molecule has 5 atom stereocenters. The molecule has 190 valence electrons. The summed E-state index contributed by atoms with van der Waals surface area (Å²) in [7, 11) is 0. The molecule has 3 heterocycles. The highest BCUT2D eigenvalue weighted by Crippen LogP contribution is 2.39. The van der Waals surface area contributed by atoms with E-state index in [0.29, 0.717) is 17.4 Å². The molecule has 2 aliphatic rings. The molecule has 1 aliphatic carbocycles. The molecule has 2 aromatic rings. The number of β-amino-alcohol motifs (C(OH)–C–C–N with tert-alkyl or cyclic N) is 1. The van der Waals surface area contributed by atoms with E-state index >= 15 is 0 Å². The largest absolute Gasteiger partial charge is 0.391 e. The van der Waals surface area contributed by atoms with Gasteiger partial charge < -0.3 is 15.3 Å². The Bertz CT molecular complexity index is 1100. The molecule has 10 heteroatoms. The average molecular weight is 518 g/mol. The highest BCUT2D eigenvalue weighted by Gasteiger charge is 2.43. The first-order chi connectivity index (χ1) is 16.6. The number of carbonyl (C=O) groups is 2. The molecule has 0 aromatic carbocycles. The normalized spacial score (nSPS) is 27.4. The lowest BCUT2D eigenvalue weighted by Gasteiger charge is -2.32. The molecule has 2 aromatic heterocycles. The van der Waals surface area contributed by atoms with E-state index in [1.807, 2.05) is 19.4 Å². The second kappa shape index (κ2) is 10.4. The van der Waals surface area contributed by atoms with E-state index in [1.165, 1.54) is 16.4 Å². The van der Waals surface area contributed by atoms with Gasteiger partial charge in [-0.3, -0.25) is 9.59 Å². The second-order valence-electron chi connectivity index (χ2n) is 10.4. The summed E-state index contributed by atoms with van der Waals surface area (Å²) in [4.78, 5) is 38.4. The Morgan fingerprint density at radius 1 is 1.34 bits per heavy atom. The molecule has 1 aliphatic heterocycles. The molecule has 0 radical (unpaired) electrons. The first-order valence-corrected chi connectivity index (χ1v) is 13.9. The van der Waals surface area contributed by atoms with Crippen LogP contribution in [0.3, 0.4) is 0 Å². The third-order valence-corrected chi connectivity index (χ3v) is 9.28. The van der Waals surface area contributed by atoms with E-state index in [1.54, 1.807) is 23.2 Å². The van der Waals surface area contributed by atoms with Gasteiger partial charge in [0.15, 0.2) is 0 Å². The van der Waals surface area contributed by atoms with E-state index in [0.717, 1.165) is 18.5 Å². The molecule has 1 fully saturated rings. The Balaban J connectivity index is 1.40. The van der Waals surface area contributed by atoms with Crippen LogP contribution in [0.15, 0.2) is 17.7 Å². The molecule has 1 saturated heterocycles. The van der Waals surface area contributed by atoms with Crippen LogP contribution in [0.2, 0.25) is 0 Å². The Morgan fingerprint density at radius 2 is 2.11 bits per heavy atom. The third kappa shape index (κ3) is 5.49. The summed E-state index contributed by atoms with van der Waals surface area (Å²) < 4.78 is 4.23. The van der Waals surface area contributed by atoms with Crippen LogP contribution in [-0.2, 0) is 15.0 Å². The Hall–Kier alpha value is -2.17. The van der Waals surface area contributed by atoms with Crippen LogP contribution in [0.5, 0.6) is 0 Å². The molecule has 2 amide bonds. The lowest BCUT2D eigenvalue weighted by atomic mass is 9.76. The van der Waals surface area contributed by atoms with Crippen LogP contribution in [0.1, 0.15) is 67.4 Å². The average Bonchev–Trinajstić information content (AvgIpc) is 3.53. The van der Waals surface area contributed by atoms with E-state index in [4.69, 9.17) is 0 Å². The molecule has 2 N–H and O–H groups in total. The highest BCUT2D eigenvalue weighted by atomic mass is 32.1. The van der Waals surface area contributed by atoms with Gasteiger partial charge in [0.2, 0.25) is 11.8 Å².